The van der Waals surface area contributed by atoms with E-state index >= 15 is 0 Å². The first-order valence-corrected chi connectivity index (χ1v) is 10.6. The Morgan fingerprint density at radius 2 is 1.44 bits per heavy atom. The molecule has 8 heteroatoms. The predicted octanol–water partition coefficient (Wildman–Crippen LogP) is 1.91. The largest absolute Gasteiger partial charge is 0.454 e. The second-order valence-corrected chi connectivity index (χ2v) is 8.59. The van der Waals surface area contributed by atoms with Gasteiger partial charge in [0.1, 0.15) is 11.6 Å². The highest BCUT2D eigenvalue weighted by Crippen LogP contribution is 2.67. The summed E-state index contributed by atoms with van der Waals surface area (Å²) < 4.78 is 19.6. The highest BCUT2D eigenvalue weighted by molar-refractivity contribution is 6.48. The summed E-state index contributed by atoms with van der Waals surface area (Å²) >= 11 is 0. The molecule has 170 valence electrons. The fourth-order valence-corrected chi connectivity index (χ4v) is 5.46. The van der Waals surface area contributed by atoms with E-state index in [-0.39, 0.29) is 34.6 Å². The third-order valence-electron chi connectivity index (χ3n) is 6.86. The molecule has 1 fully saturated rings. The molecule has 3 N–H and O–H groups in total. The number of hydrogen-bond acceptors (Lipinski definition) is 6. The normalized spacial score (nSPS) is 26.4. The summed E-state index contributed by atoms with van der Waals surface area (Å²) in [6.45, 7) is -0.200. The minimum atomic E-state index is -2.88. The lowest BCUT2D eigenvalue weighted by atomic mass is 9.78. The Balaban J connectivity index is 1.68. The second kappa shape index (κ2) is 6.60. The van der Waals surface area contributed by atoms with E-state index in [0.29, 0.717) is 5.56 Å². The number of benzene rings is 3. The zero-order valence-electron chi connectivity index (χ0n) is 17.6. The SMILES string of the molecule is O=C1C(=O)N(Cc2ccccc2)[C@@]23C1=C(c1ccc(F)cc1)O[C@@]2(O)c1ccccc1C3(O)O. The minimum absolute atomic E-state index is 0.00942. The summed E-state index contributed by atoms with van der Waals surface area (Å²) in [5.74, 6) is -8.18. The van der Waals surface area contributed by atoms with E-state index in [9.17, 15) is 29.3 Å². The van der Waals surface area contributed by atoms with Crippen LogP contribution in [0.1, 0.15) is 22.3 Å². The van der Waals surface area contributed by atoms with Crippen molar-refractivity contribution in [2.24, 2.45) is 0 Å². The van der Waals surface area contributed by atoms with Crippen LogP contribution in [0.25, 0.3) is 5.76 Å². The summed E-state index contributed by atoms with van der Waals surface area (Å²) in [5, 5.41) is 35.3. The summed E-state index contributed by atoms with van der Waals surface area (Å²) in [6, 6.07) is 19.6. The topological polar surface area (TPSA) is 107 Å². The fraction of sp³-hybridized carbons (Fsp3) is 0.154. The number of nitrogens with zero attached hydrogens (tertiary/aromatic N) is 1. The maximum Gasteiger partial charge on any atom is 0.296 e. The molecular weight excluding hydrogens is 441 g/mol. The molecule has 0 aromatic heterocycles. The maximum atomic E-state index is 13.6. The van der Waals surface area contributed by atoms with Gasteiger partial charge >= 0.3 is 0 Å². The molecule has 1 spiro atoms. The number of ketones is 1. The Bertz CT molecular complexity index is 1400. The van der Waals surface area contributed by atoms with Crippen molar-refractivity contribution in [1.29, 1.82) is 0 Å². The number of amides is 1. The van der Waals surface area contributed by atoms with Crippen LogP contribution in [0.2, 0.25) is 0 Å². The number of carbonyl (C=O) groups is 2. The van der Waals surface area contributed by atoms with Crippen molar-refractivity contribution < 1.29 is 34.0 Å². The van der Waals surface area contributed by atoms with Crippen LogP contribution in [0.5, 0.6) is 0 Å². The molecular formula is C26H18FNO6. The molecule has 3 aromatic carbocycles. The lowest BCUT2D eigenvalue weighted by Crippen LogP contribution is -2.66. The Labute approximate surface area is 193 Å². The Morgan fingerprint density at radius 1 is 0.824 bits per heavy atom. The van der Waals surface area contributed by atoms with Gasteiger partial charge in [-0.2, -0.15) is 0 Å². The first-order chi connectivity index (χ1) is 16.2. The van der Waals surface area contributed by atoms with Crippen molar-refractivity contribution in [2.75, 3.05) is 0 Å². The average Bonchev–Trinajstić information content (AvgIpc) is 3.31. The standard InChI is InChI=1S/C26H18FNO6/c27-17-12-10-16(11-13-17)22-20-21(29)23(30)28(14-15-6-2-1-3-7-15)24(20)25(31,32)18-8-4-5-9-19(18)26(24,33)34-22/h1-13,31-33H,14H2/t24-,26+/m1/s1. The number of carbonyl (C=O) groups excluding carboxylic acids is 2. The molecule has 2 aliphatic heterocycles. The predicted molar refractivity (Wildman–Crippen MR) is 116 cm³/mol. The number of ether oxygens (including phenoxy) is 1. The van der Waals surface area contributed by atoms with Crippen LogP contribution < -0.4 is 0 Å². The molecule has 2 atom stereocenters. The van der Waals surface area contributed by atoms with Crippen molar-refractivity contribution in [3.63, 3.8) is 0 Å². The third kappa shape index (κ3) is 2.24. The van der Waals surface area contributed by atoms with Gasteiger partial charge in [0.2, 0.25) is 11.3 Å². The smallest absolute Gasteiger partial charge is 0.296 e. The molecule has 1 saturated heterocycles. The number of halogens is 1. The monoisotopic (exact) mass is 459 g/mol. The first kappa shape index (κ1) is 20.7. The summed E-state index contributed by atoms with van der Waals surface area (Å²) in [5.41, 5.74) is -2.05. The number of fused-ring (bicyclic) bond motifs is 2. The molecule has 0 saturated carbocycles. The van der Waals surface area contributed by atoms with Gasteiger partial charge in [-0.25, -0.2) is 4.39 Å². The van der Waals surface area contributed by atoms with E-state index in [1.165, 1.54) is 24.3 Å². The number of hydrogen-bond donors (Lipinski definition) is 3. The molecule has 1 aliphatic carbocycles. The van der Waals surface area contributed by atoms with Crippen LogP contribution in [-0.4, -0.2) is 37.4 Å². The van der Waals surface area contributed by atoms with Crippen molar-refractivity contribution in [2.45, 2.75) is 23.7 Å². The van der Waals surface area contributed by atoms with Crippen LogP contribution in [0, 0.1) is 5.82 Å². The van der Waals surface area contributed by atoms with Crippen molar-refractivity contribution in [3.05, 3.63) is 113 Å². The lowest BCUT2D eigenvalue weighted by Gasteiger charge is -2.45. The van der Waals surface area contributed by atoms with Crippen molar-refractivity contribution in [1.82, 2.24) is 4.90 Å². The number of aliphatic hydroxyl groups is 3. The lowest BCUT2D eigenvalue weighted by molar-refractivity contribution is -0.313. The molecule has 3 aliphatic rings. The van der Waals surface area contributed by atoms with Crippen molar-refractivity contribution in [3.8, 4) is 0 Å². The van der Waals surface area contributed by atoms with E-state index in [0.717, 1.165) is 17.0 Å². The minimum Gasteiger partial charge on any atom is -0.454 e. The van der Waals surface area contributed by atoms with Crippen LogP contribution in [0.3, 0.4) is 0 Å². The molecule has 0 bridgehead atoms. The Hall–Kier alpha value is -3.85. The molecule has 2 heterocycles. The molecule has 7 nitrogen and oxygen atoms in total. The number of likely N-dealkylation sites (tertiary alicyclic amines) is 1. The Kier molecular flexibility index (Phi) is 4.03. The van der Waals surface area contributed by atoms with E-state index in [4.69, 9.17) is 4.74 Å². The van der Waals surface area contributed by atoms with Gasteiger partial charge < -0.3 is 25.0 Å². The van der Waals surface area contributed by atoms with Gasteiger partial charge in [0, 0.05) is 23.2 Å². The van der Waals surface area contributed by atoms with Crippen molar-refractivity contribution >= 4 is 17.4 Å². The van der Waals surface area contributed by atoms with E-state index in [1.807, 2.05) is 0 Å². The first-order valence-electron chi connectivity index (χ1n) is 10.6. The van der Waals surface area contributed by atoms with E-state index in [1.54, 1.807) is 42.5 Å². The van der Waals surface area contributed by atoms with Crippen LogP contribution in [-0.2, 0) is 32.4 Å². The second-order valence-electron chi connectivity index (χ2n) is 8.59. The number of Topliss-reactive ketones (excluding diaryl/α,β-unsaturated/α-hetero) is 1. The van der Waals surface area contributed by atoms with Gasteiger partial charge in [0.05, 0.1) is 5.57 Å². The number of rotatable bonds is 3. The molecule has 6 rings (SSSR count). The average molecular weight is 459 g/mol. The van der Waals surface area contributed by atoms with E-state index < -0.39 is 34.6 Å². The molecule has 34 heavy (non-hydrogen) atoms. The third-order valence-corrected chi connectivity index (χ3v) is 6.86. The zero-order chi connectivity index (χ0) is 23.9. The van der Waals surface area contributed by atoms with Gasteiger partial charge in [-0.05, 0) is 29.8 Å². The van der Waals surface area contributed by atoms with Crippen LogP contribution in [0.4, 0.5) is 4.39 Å². The fourth-order valence-electron chi connectivity index (χ4n) is 5.46. The summed E-state index contributed by atoms with van der Waals surface area (Å²) in [7, 11) is 0. The highest BCUT2D eigenvalue weighted by atomic mass is 19.1. The molecule has 3 aromatic rings. The summed E-state index contributed by atoms with van der Waals surface area (Å²) in [4.78, 5) is 27.8. The van der Waals surface area contributed by atoms with Gasteiger partial charge in [0.25, 0.3) is 17.5 Å². The maximum absolute atomic E-state index is 13.6. The summed E-state index contributed by atoms with van der Waals surface area (Å²) in [6.07, 6.45) is 0. The molecule has 0 unspecified atom stereocenters. The van der Waals surface area contributed by atoms with Gasteiger partial charge in [-0.1, -0.05) is 54.6 Å². The van der Waals surface area contributed by atoms with Crippen LogP contribution in [0.15, 0.2) is 84.4 Å². The zero-order valence-corrected chi connectivity index (χ0v) is 17.6. The van der Waals surface area contributed by atoms with Gasteiger partial charge in [-0.3, -0.25) is 9.59 Å². The highest BCUT2D eigenvalue weighted by Gasteiger charge is 2.85. The van der Waals surface area contributed by atoms with Gasteiger partial charge in [0.15, 0.2) is 0 Å². The van der Waals surface area contributed by atoms with E-state index in [2.05, 4.69) is 0 Å². The van der Waals surface area contributed by atoms with Gasteiger partial charge in [-0.15, -0.1) is 0 Å². The Morgan fingerprint density at radius 3 is 2.12 bits per heavy atom. The molecule has 1 amide bonds. The molecule has 0 radical (unpaired) electrons. The quantitative estimate of drug-likeness (QED) is 0.408. The van der Waals surface area contributed by atoms with Crippen LogP contribution >= 0.6 is 0 Å².